The summed E-state index contributed by atoms with van der Waals surface area (Å²) in [6.07, 6.45) is 0.170. The summed E-state index contributed by atoms with van der Waals surface area (Å²) < 4.78 is 10.6. The van der Waals surface area contributed by atoms with Crippen LogP contribution in [0.5, 0.6) is 5.88 Å². The van der Waals surface area contributed by atoms with E-state index < -0.39 is 0 Å². The molecule has 1 aliphatic rings. The maximum absolute atomic E-state index is 5.73. The Bertz CT molecular complexity index is 326. The Balaban J connectivity index is 2.07. The molecule has 0 saturated carbocycles. The van der Waals surface area contributed by atoms with Gasteiger partial charge in [-0.2, -0.15) is 0 Å². The van der Waals surface area contributed by atoms with Crippen molar-refractivity contribution in [3.63, 3.8) is 0 Å². The Hall–Kier alpha value is -0.800. The fourth-order valence-electron chi connectivity index (χ4n) is 1.23. The Morgan fingerprint density at radius 1 is 1.57 bits per heavy atom. The summed E-state index contributed by atoms with van der Waals surface area (Å²) in [6, 6.07) is 3.80. The van der Waals surface area contributed by atoms with Crippen molar-refractivity contribution in [1.82, 2.24) is 4.98 Å². The second kappa shape index (κ2) is 4.15. The highest BCUT2D eigenvalue weighted by molar-refractivity contribution is 6.17. The lowest BCUT2D eigenvalue weighted by molar-refractivity contribution is -0.0813. The standard InChI is InChI=1S/C10H12ClNO2/c1-7-8(4-11)2-3-10(12-7)14-9-5-13-6-9/h2-3,9H,4-6H2,1H3. The van der Waals surface area contributed by atoms with Crippen LogP contribution in [0.1, 0.15) is 11.3 Å². The number of rotatable bonds is 3. The van der Waals surface area contributed by atoms with Crippen LogP contribution in [0.15, 0.2) is 12.1 Å². The van der Waals surface area contributed by atoms with Crippen LogP contribution in [0.4, 0.5) is 0 Å². The molecule has 0 aromatic carbocycles. The average molecular weight is 214 g/mol. The molecule has 1 aromatic rings. The lowest BCUT2D eigenvalue weighted by atomic mass is 10.2. The third-order valence-electron chi connectivity index (χ3n) is 2.21. The number of hydrogen-bond donors (Lipinski definition) is 0. The molecule has 0 spiro atoms. The molecule has 14 heavy (non-hydrogen) atoms. The molecular weight excluding hydrogens is 202 g/mol. The fourth-order valence-corrected chi connectivity index (χ4v) is 1.51. The van der Waals surface area contributed by atoms with Crippen molar-refractivity contribution in [2.24, 2.45) is 0 Å². The fraction of sp³-hybridized carbons (Fsp3) is 0.500. The number of aryl methyl sites for hydroxylation is 1. The van der Waals surface area contributed by atoms with E-state index in [4.69, 9.17) is 21.1 Å². The van der Waals surface area contributed by atoms with Crippen LogP contribution in [0.3, 0.4) is 0 Å². The number of nitrogens with zero attached hydrogens (tertiary/aromatic N) is 1. The first kappa shape index (κ1) is 9.74. The Morgan fingerprint density at radius 3 is 2.86 bits per heavy atom. The first-order valence-electron chi connectivity index (χ1n) is 4.56. The molecule has 3 nitrogen and oxygen atoms in total. The number of alkyl halides is 1. The second-order valence-electron chi connectivity index (χ2n) is 3.30. The van der Waals surface area contributed by atoms with Crippen LogP contribution in [-0.2, 0) is 10.6 Å². The monoisotopic (exact) mass is 213 g/mol. The number of aromatic nitrogens is 1. The van der Waals surface area contributed by atoms with Gasteiger partial charge in [-0.1, -0.05) is 6.07 Å². The van der Waals surface area contributed by atoms with Crippen molar-refractivity contribution < 1.29 is 9.47 Å². The SMILES string of the molecule is Cc1nc(OC2COC2)ccc1CCl. The summed E-state index contributed by atoms with van der Waals surface area (Å²) in [5.41, 5.74) is 1.97. The molecule has 0 bridgehead atoms. The lowest BCUT2D eigenvalue weighted by Crippen LogP contribution is -2.38. The normalized spacial score (nSPS) is 16.4. The largest absolute Gasteiger partial charge is 0.469 e. The molecule has 0 aliphatic carbocycles. The molecule has 0 N–H and O–H groups in total. The summed E-state index contributed by atoms with van der Waals surface area (Å²) in [5, 5.41) is 0. The number of pyridine rings is 1. The highest BCUT2D eigenvalue weighted by atomic mass is 35.5. The average Bonchev–Trinajstić information content (AvgIpc) is 2.12. The van der Waals surface area contributed by atoms with Gasteiger partial charge >= 0.3 is 0 Å². The lowest BCUT2D eigenvalue weighted by Gasteiger charge is -2.26. The van der Waals surface area contributed by atoms with Gasteiger partial charge in [0.2, 0.25) is 5.88 Å². The molecule has 0 atom stereocenters. The molecule has 4 heteroatoms. The van der Waals surface area contributed by atoms with E-state index in [0.717, 1.165) is 11.3 Å². The van der Waals surface area contributed by atoms with Crippen molar-refractivity contribution in [2.45, 2.75) is 18.9 Å². The van der Waals surface area contributed by atoms with Crippen LogP contribution >= 0.6 is 11.6 Å². The molecule has 1 saturated heterocycles. The van der Waals surface area contributed by atoms with Gasteiger partial charge < -0.3 is 9.47 Å². The molecular formula is C10H12ClNO2. The van der Waals surface area contributed by atoms with Crippen LogP contribution in [0.2, 0.25) is 0 Å². The van der Waals surface area contributed by atoms with Crippen LogP contribution < -0.4 is 4.74 Å². The minimum absolute atomic E-state index is 0.170. The van der Waals surface area contributed by atoms with Crippen molar-refractivity contribution in [3.8, 4) is 5.88 Å². The smallest absolute Gasteiger partial charge is 0.213 e. The Kier molecular flexibility index (Phi) is 2.89. The summed E-state index contributed by atoms with van der Waals surface area (Å²) in [7, 11) is 0. The van der Waals surface area contributed by atoms with Crippen molar-refractivity contribution >= 4 is 11.6 Å². The minimum Gasteiger partial charge on any atom is -0.469 e. The summed E-state index contributed by atoms with van der Waals surface area (Å²) in [5.74, 6) is 1.15. The summed E-state index contributed by atoms with van der Waals surface area (Å²) in [4.78, 5) is 4.30. The third kappa shape index (κ3) is 1.99. The van der Waals surface area contributed by atoms with E-state index in [2.05, 4.69) is 4.98 Å². The maximum Gasteiger partial charge on any atom is 0.213 e. The molecule has 0 radical (unpaired) electrons. The van der Waals surface area contributed by atoms with E-state index >= 15 is 0 Å². The molecule has 2 heterocycles. The minimum atomic E-state index is 0.170. The summed E-state index contributed by atoms with van der Waals surface area (Å²) >= 11 is 5.73. The molecule has 0 amide bonds. The van der Waals surface area contributed by atoms with E-state index in [1.54, 1.807) is 0 Å². The highest BCUT2D eigenvalue weighted by Gasteiger charge is 2.20. The molecule has 0 unspecified atom stereocenters. The van der Waals surface area contributed by atoms with E-state index in [1.807, 2.05) is 19.1 Å². The zero-order chi connectivity index (χ0) is 9.97. The van der Waals surface area contributed by atoms with Crippen molar-refractivity contribution in [3.05, 3.63) is 23.4 Å². The second-order valence-corrected chi connectivity index (χ2v) is 3.57. The molecule has 1 aromatic heterocycles. The molecule has 1 aliphatic heterocycles. The number of halogens is 1. The van der Waals surface area contributed by atoms with Gasteiger partial charge in [-0.15, -0.1) is 11.6 Å². The van der Waals surface area contributed by atoms with Gasteiger partial charge in [0.1, 0.15) is 6.10 Å². The van der Waals surface area contributed by atoms with Crippen molar-refractivity contribution in [2.75, 3.05) is 13.2 Å². The quantitative estimate of drug-likeness (QED) is 0.719. The predicted molar refractivity (Wildman–Crippen MR) is 53.8 cm³/mol. The highest BCUT2D eigenvalue weighted by Crippen LogP contribution is 2.17. The van der Waals surface area contributed by atoms with Gasteiger partial charge in [0.05, 0.1) is 13.2 Å². The first-order valence-corrected chi connectivity index (χ1v) is 5.10. The number of hydrogen-bond acceptors (Lipinski definition) is 3. The van der Waals surface area contributed by atoms with Crippen molar-refractivity contribution in [1.29, 1.82) is 0 Å². The van der Waals surface area contributed by atoms with E-state index in [9.17, 15) is 0 Å². The molecule has 76 valence electrons. The van der Waals surface area contributed by atoms with Crippen LogP contribution in [0, 0.1) is 6.92 Å². The summed E-state index contributed by atoms with van der Waals surface area (Å²) in [6.45, 7) is 3.26. The van der Waals surface area contributed by atoms with Gasteiger partial charge in [-0.3, -0.25) is 0 Å². The topological polar surface area (TPSA) is 31.4 Å². The zero-order valence-corrected chi connectivity index (χ0v) is 8.75. The van der Waals surface area contributed by atoms with E-state index in [1.165, 1.54) is 0 Å². The van der Waals surface area contributed by atoms with Gasteiger partial charge in [-0.25, -0.2) is 4.98 Å². The Morgan fingerprint density at radius 2 is 2.36 bits per heavy atom. The van der Waals surface area contributed by atoms with Gasteiger partial charge in [0.15, 0.2) is 0 Å². The molecule has 1 fully saturated rings. The van der Waals surface area contributed by atoms with Crippen LogP contribution in [0.25, 0.3) is 0 Å². The predicted octanol–water partition coefficient (Wildman–Crippen LogP) is 1.91. The van der Waals surface area contributed by atoms with E-state index in [-0.39, 0.29) is 6.10 Å². The van der Waals surface area contributed by atoms with Crippen LogP contribution in [-0.4, -0.2) is 24.3 Å². The Labute approximate surface area is 88.0 Å². The third-order valence-corrected chi connectivity index (χ3v) is 2.50. The molecule has 2 rings (SSSR count). The maximum atomic E-state index is 5.73. The van der Waals surface area contributed by atoms with Gasteiger partial charge in [0.25, 0.3) is 0 Å². The van der Waals surface area contributed by atoms with Gasteiger partial charge in [-0.05, 0) is 12.5 Å². The van der Waals surface area contributed by atoms with Gasteiger partial charge in [0, 0.05) is 17.6 Å². The van der Waals surface area contributed by atoms with E-state index in [0.29, 0.717) is 25.0 Å². The zero-order valence-electron chi connectivity index (χ0n) is 8.00. The number of ether oxygens (including phenoxy) is 2. The first-order chi connectivity index (χ1) is 6.79.